The minimum atomic E-state index is 0.0634. The van der Waals surface area contributed by atoms with E-state index < -0.39 is 0 Å². The van der Waals surface area contributed by atoms with Gasteiger partial charge >= 0.3 is 0 Å². The third kappa shape index (κ3) is 4.95. The lowest BCUT2D eigenvalue weighted by atomic mass is 9.94. The number of aryl methyl sites for hydroxylation is 2. The summed E-state index contributed by atoms with van der Waals surface area (Å²) in [4.78, 5) is 15.1. The maximum Gasteiger partial charge on any atom is 0.223 e. The number of carbonyl (C=O) groups excluding carboxylic acids is 1. The second kappa shape index (κ2) is 8.50. The van der Waals surface area contributed by atoms with Crippen molar-refractivity contribution in [3.05, 3.63) is 70.8 Å². The minimum Gasteiger partial charge on any atom is -0.349 e. The summed E-state index contributed by atoms with van der Waals surface area (Å²) in [5.74, 6) is 0.338. The quantitative estimate of drug-likeness (QED) is 0.867. The first-order chi connectivity index (χ1) is 12.5. The molecule has 0 unspecified atom stereocenters. The van der Waals surface area contributed by atoms with Gasteiger partial charge in [0.1, 0.15) is 0 Å². The van der Waals surface area contributed by atoms with Crippen LogP contribution in [0.15, 0.2) is 48.5 Å². The molecule has 1 saturated heterocycles. The first-order valence-corrected chi connectivity index (χ1v) is 9.66. The molecule has 1 N–H and O–H groups in total. The summed E-state index contributed by atoms with van der Waals surface area (Å²) in [7, 11) is 0. The van der Waals surface area contributed by atoms with Crippen LogP contribution in [0.3, 0.4) is 0 Å². The predicted octanol–water partition coefficient (Wildman–Crippen LogP) is 4.39. The molecule has 1 atom stereocenters. The van der Waals surface area contributed by atoms with Crippen LogP contribution in [-0.2, 0) is 11.3 Å². The SMILES string of the molecule is Cc1ccc([C@@H](C)NC(=O)C2CCN(Cc3cccc(C)c3)CC2)cc1. The third-order valence-electron chi connectivity index (χ3n) is 5.38. The summed E-state index contributed by atoms with van der Waals surface area (Å²) in [6.45, 7) is 9.24. The molecule has 0 saturated carbocycles. The van der Waals surface area contributed by atoms with E-state index in [4.69, 9.17) is 0 Å². The summed E-state index contributed by atoms with van der Waals surface area (Å²) >= 11 is 0. The van der Waals surface area contributed by atoms with E-state index in [-0.39, 0.29) is 17.9 Å². The predicted molar refractivity (Wildman–Crippen MR) is 107 cm³/mol. The summed E-state index contributed by atoms with van der Waals surface area (Å²) in [6, 6.07) is 17.2. The van der Waals surface area contributed by atoms with Gasteiger partial charge in [0.2, 0.25) is 5.91 Å². The van der Waals surface area contributed by atoms with Crippen LogP contribution >= 0.6 is 0 Å². The molecule has 0 aromatic heterocycles. The molecule has 2 aromatic rings. The number of benzene rings is 2. The molecule has 26 heavy (non-hydrogen) atoms. The van der Waals surface area contributed by atoms with Crippen molar-refractivity contribution in [1.82, 2.24) is 10.2 Å². The lowest BCUT2D eigenvalue weighted by molar-refractivity contribution is -0.127. The van der Waals surface area contributed by atoms with Crippen molar-refractivity contribution in [2.75, 3.05) is 13.1 Å². The number of piperidine rings is 1. The third-order valence-corrected chi connectivity index (χ3v) is 5.38. The number of carbonyl (C=O) groups is 1. The second-order valence-corrected chi connectivity index (χ2v) is 7.68. The zero-order chi connectivity index (χ0) is 18.5. The van der Waals surface area contributed by atoms with Crippen molar-refractivity contribution in [2.24, 2.45) is 5.92 Å². The highest BCUT2D eigenvalue weighted by atomic mass is 16.1. The van der Waals surface area contributed by atoms with Crippen molar-refractivity contribution in [1.29, 1.82) is 0 Å². The van der Waals surface area contributed by atoms with Gasteiger partial charge in [-0.1, -0.05) is 59.7 Å². The number of hydrogen-bond donors (Lipinski definition) is 1. The largest absolute Gasteiger partial charge is 0.349 e. The van der Waals surface area contributed by atoms with Crippen LogP contribution in [0.2, 0.25) is 0 Å². The van der Waals surface area contributed by atoms with E-state index >= 15 is 0 Å². The topological polar surface area (TPSA) is 32.3 Å². The fourth-order valence-corrected chi connectivity index (χ4v) is 3.69. The number of nitrogens with one attached hydrogen (secondary N) is 1. The number of rotatable bonds is 5. The van der Waals surface area contributed by atoms with Crippen LogP contribution in [0.5, 0.6) is 0 Å². The van der Waals surface area contributed by atoms with Crippen LogP contribution in [0, 0.1) is 19.8 Å². The smallest absolute Gasteiger partial charge is 0.223 e. The second-order valence-electron chi connectivity index (χ2n) is 7.68. The van der Waals surface area contributed by atoms with E-state index in [1.54, 1.807) is 0 Å². The molecular formula is C23H30N2O. The van der Waals surface area contributed by atoms with E-state index in [1.807, 2.05) is 0 Å². The molecule has 2 aromatic carbocycles. The van der Waals surface area contributed by atoms with Crippen LogP contribution in [0.4, 0.5) is 0 Å². The Morgan fingerprint density at radius 3 is 2.42 bits per heavy atom. The lowest BCUT2D eigenvalue weighted by Gasteiger charge is -2.32. The number of hydrogen-bond acceptors (Lipinski definition) is 2. The molecular weight excluding hydrogens is 320 g/mol. The number of nitrogens with zero attached hydrogens (tertiary/aromatic N) is 1. The first kappa shape index (κ1) is 18.7. The van der Waals surface area contributed by atoms with Gasteiger partial charge < -0.3 is 5.32 Å². The van der Waals surface area contributed by atoms with Crippen molar-refractivity contribution >= 4 is 5.91 Å². The Bertz CT molecular complexity index is 730. The summed E-state index contributed by atoms with van der Waals surface area (Å²) in [5, 5.41) is 3.20. The van der Waals surface area contributed by atoms with E-state index in [0.29, 0.717) is 0 Å². The Labute approximate surface area is 157 Å². The molecule has 3 nitrogen and oxygen atoms in total. The van der Waals surface area contributed by atoms with Crippen LogP contribution in [0.25, 0.3) is 0 Å². The molecule has 1 amide bonds. The molecule has 1 aliphatic rings. The van der Waals surface area contributed by atoms with E-state index in [1.165, 1.54) is 22.3 Å². The molecule has 1 aliphatic heterocycles. The van der Waals surface area contributed by atoms with Gasteiger partial charge in [-0.2, -0.15) is 0 Å². The van der Waals surface area contributed by atoms with Crippen molar-refractivity contribution in [3.63, 3.8) is 0 Å². The van der Waals surface area contributed by atoms with Gasteiger partial charge in [0.05, 0.1) is 6.04 Å². The minimum absolute atomic E-state index is 0.0634. The average molecular weight is 351 g/mol. The molecule has 3 heteroatoms. The maximum absolute atomic E-state index is 12.6. The molecule has 1 heterocycles. The van der Waals surface area contributed by atoms with Gasteiger partial charge in [-0.25, -0.2) is 0 Å². The van der Waals surface area contributed by atoms with Crippen LogP contribution < -0.4 is 5.32 Å². The molecule has 3 rings (SSSR count). The lowest BCUT2D eigenvalue weighted by Crippen LogP contribution is -2.40. The number of amides is 1. The molecule has 1 fully saturated rings. The van der Waals surface area contributed by atoms with Gasteiger partial charge in [-0.05, 0) is 57.8 Å². The highest BCUT2D eigenvalue weighted by Gasteiger charge is 2.26. The Morgan fingerprint density at radius 2 is 1.77 bits per heavy atom. The Morgan fingerprint density at radius 1 is 1.08 bits per heavy atom. The molecule has 0 radical (unpaired) electrons. The first-order valence-electron chi connectivity index (χ1n) is 9.66. The monoisotopic (exact) mass is 350 g/mol. The van der Waals surface area contributed by atoms with E-state index in [0.717, 1.165) is 32.5 Å². The Balaban J connectivity index is 1.48. The standard InChI is InChI=1S/C23H30N2O/c1-17-7-9-21(10-8-17)19(3)24-23(26)22-11-13-25(14-12-22)16-20-6-4-5-18(2)15-20/h4-10,15,19,22H,11-14,16H2,1-3H3,(H,24,26)/t19-/m1/s1. The van der Waals surface area contributed by atoms with Gasteiger partial charge in [-0.3, -0.25) is 9.69 Å². The molecule has 0 bridgehead atoms. The summed E-state index contributed by atoms with van der Waals surface area (Å²) in [6.07, 6.45) is 1.89. The summed E-state index contributed by atoms with van der Waals surface area (Å²) < 4.78 is 0. The number of likely N-dealkylation sites (tertiary alicyclic amines) is 1. The zero-order valence-corrected chi connectivity index (χ0v) is 16.2. The fraction of sp³-hybridized carbons (Fsp3) is 0.435. The van der Waals surface area contributed by atoms with Crippen LogP contribution in [-0.4, -0.2) is 23.9 Å². The normalized spacial score (nSPS) is 17.0. The van der Waals surface area contributed by atoms with Gasteiger partial charge in [0, 0.05) is 12.5 Å². The maximum atomic E-state index is 12.6. The highest BCUT2D eigenvalue weighted by molar-refractivity contribution is 5.79. The molecule has 0 aliphatic carbocycles. The summed E-state index contributed by atoms with van der Waals surface area (Å²) in [5.41, 5.74) is 5.08. The highest BCUT2D eigenvalue weighted by Crippen LogP contribution is 2.21. The zero-order valence-electron chi connectivity index (χ0n) is 16.2. The Hall–Kier alpha value is -2.13. The molecule has 138 valence electrons. The van der Waals surface area contributed by atoms with Crippen molar-refractivity contribution < 1.29 is 4.79 Å². The average Bonchev–Trinajstić information content (AvgIpc) is 2.63. The van der Waals surface area contributed by atoms with Crippen LogP contribution in [0.1, 0.15) is 48.1 Å². The van der Waals surface area contributed by atoms with Crippen molar-refractivity contribution in [2.45, 2.75) is 46.2 Å². The van der Waals surface area contributed by atoms with E-state index in [9.17, 15) is 4.79 Å². The van der Waals surface area contributed by atoms with Gasteiger partial charge in [-0.15, -0.1) is 0 Å². The van der Waals surface area contributed by atoms with Gasteiger partial charge in [0.15, 0.2) is 0 Å². The van der Waals surface area contributed by atoms with E-state index in [2.05, 4.69) is 79.5 Å². The fourth-order valence-electron chi connectivity index (χ4n) is 3.69. The Kier molecular flexibility index (Phi) is 6.10. The van der Waals surface area contributed by atoms with Crippen molar-refractivity contribution in [3.8, 4) is 0 Å². The molecule has 0 spiro atoms. The van der Waals surface area contributed by atoms with Gasteiger partial charge in [0.25, 0.3) is 0 Å².